The van der Waals surface area contributed by atoms with E-state index < -0.39 is 32.1 Å². The van der Waals surface area contributed by atoms with Gasteiger partial charge in [-0.05, 0) is 43.2 Å². The number of nitrogens with one attached hydrogen (secondary N) is 1. The average Bonchev–Trinajstić information content (AvgIpc) is 3.04. The van der Waals surface area contributed by atoms with Crippen LogP contribution in [-0.4, -0.2) is 42.2 Å². The lowest BCUT2D eigenvalue weighted by molar-refractivity contribution is -0.131. The van der Waals surface area contributed by atoms with E-state index in [9.17, 15) is 22.4 Å². The first kappa shape index (κ1) is 22.5. The van der Waals surface area contributed by atoms with E-state index in [2.05, 4.69) is 0 Å². The van der Waals surface area contributed by atoms with E-state index in [1.54, 1.807) is 18.2 Å². The minimum absolute atomic E-state index is 0.168. The van der Waals surface area contributed by atoms with Gasteiger partial charge in [-0.3, -0.25) is 14.6 Å². The third kappa shape index (κ3) is 4.06. The lowest BCUT2D eigenvalue weighted by atomic mass is 10.0. The highest BCUT2D eigenvalue weighted by Gasteiger charge is 2.43. The Balaban J connectivity index is 1.98. The Bertz CT molecular complexity index is 1310. The van der Waals surface area contributed by atoms with Crippen molar-refractivity contribution in [1.29, 1.82) is 0 Å². The number of methoxy groups -OCH3 is 1. The number of hydroxylamine groups is 1. The van der Waals surface area contributed by atoms with E-state index in [0.717, 1.165) is 13.2 Å². The average molecular weight is 452 g/mol. The number of carbonyl (C=O) groups is 1. The Morgan fingerprint density at radius 2 is 2.00 bits per heavy atom. The number of ether oxygens (including phenoxy) is 1. The van der Waals surface area contributed by atoms with Gasteiger partial charge in [-0.2, -0.15) is 0 Å². The molecule has 1 aromatic heterocycles. The molecule has 0 aliphatic rings. The fourth-order valence-corrected chi connectivity index (χ4v) is 4.06. The number of carbonyl (C=O) groups excluding carboxylic acids is 1. The van der Waals surface area contributed by atoms with Gasteiger partial charge in [0, 0.05) is 24.4 Å². The molecule has 0 spiro atoms. The summed E-state index contributed by atoms with van der Waals surface area (Å²) in [6.45, 7) is 0.991. The van der Waals surface area contributed by atoms with E-state index in [-0.39, 0.29) is 24.1 Å². The van der Waals surface area contributed by atoms with Crippen LogP contribution in [0.3, 0.4) is 0 Å². The first-order chi connectivity index (χ1) is 14.5. The number of fused-ring (bicyclic) bond motifs is 1. The van der Waals surface area contributed by atoms with Crippen LogP contribution in [0.25, 0.3) is 22.2 Å². The van der Waals surface area contributed by atoms with Crippen molar-refractivity contribution in [2.75, 3.05) is 13.4 Å². The van der Waals surface area contributed by atoms with Gasteiger partial charge < -0.3 is 9.15 Å². The van der Waals surface area contributed by atoms with Crippen molar-refractivity contribution in [1.82, 2.24) is 10.0 Å². The van der Waals surface area contributed by atoms with Gasteiger partial charge in [-0.1, -0.05) is 6.07 Å². The molecule has 9 nitrogen and oxygen atoms in total. The molecule has 0 saturated heterocycles. The summed E-state index contributed by atoms with van der Waals surface area (Å²) in [6, 6.07) is 9.00. The Hall–Kier alpha value is -3.18. The van der Waals surface area contributed by atoms with Gasteiger partial charge >= 0.3 is 5.76 Å². The van der Waals surface area contributed by atoms with E-state index in [1.165, 1.54) is 35.4 Å². The van der Waals surface area contributed by atoms with E-state index in [0.29, 0.717) is 16.8 Å². The molecule has 1 heterocycles. The summed E-state index contributed by atoms with van der Waals surface area (Å²) in [5.41, 5.74) is 2.63. The molecule has 0 aliphatic carbocycles. The molecule has 0 bridgehead atoms. The molecule has 1 unspecified atom stereocenters. The van der Waals surface area contributed by atoms with Gasteiger partial charge in [0.05, 0.1) is 12.6 Å². The van der Waals surface area contributed by atoms with Crippen LogP contribution in [-0.2, 0) is 21.2 Å². The molecule has 3 aromatic rings. The summed E-state index contributed by atoms with van der Waals surface area (Å²) < 4.78 is 48.1. The predicted molar refractivity (Wildman–Crippen MR) is 110 cm³/mol. The maximum absolute atomic E-state index is 14.4. The summed E-state index contributed by atoms with van der Waals surface area (Å²) in [5, 5.41) is 8.92. The zero-order chi connectivity index (χ0) is 23.0. The van der Waals surface area contributed by atoms with E-state index >= 15 is 0 Å². The van der Waals surface area contributed by atoms with Crippen LogP contribution in [0.4, 0.5) is 4.39 Å². The fourth-order valence-electron chi connectivity index (χ4n) is 3.21. The maximum atomic E-state index is 14.4. The monoisotopic (exact) mass is 452 g/mol. The normalized spacial score (nSPS) is 13.7. The van der Waals surface area contributed by atoms with Crippen LogP contribution in [0.15, 0.2) is 45.6 Å². The smallest absolute Gasteiger partial charge is 0.419 e. The molecule has 166 valence electrons. The summed E-state index contributed by atoms with van der Waals surface area (Å²) in [6.07, 6.45) is 0.579. The molecular weight excluding hydrogens is 431 g/mol. The quantitative estimate of drug-likeness (QED) is 0.415. The zero-order valence-corrected chi connectivity index (χ0v) is 17.8. The van der Waals surface area contributed by atoms with Crippen molar-refractivity contribution in [3.8, 4) is 16.9 Å². The topological polar surface area (TPSA) is 128 Å². The second-order valence-corrected chi connectivity index (χ2v) is 9.69. The minimum Gasteiger partial charge on any atom is -0.497 e. The number of aryl methyl sites for hydroxylation is 1. The summed E-state index contributed by atoms with van der Waals surface area (Å²) >= 11 is 0. The Morgan fingerprint density at radius 3 is 2.58 bits per heavy atom. The molecular formula is C20H21FN2O7S. The third-order valence-corrected chi connectivity index (χ3v) is 7.39. The summed E-state index contributed by atoms with van der Waals surface area (Å²) in [4.78, 5) is 24.3. The number of amides is 1. The van der Waals surface area contributed by atoms with Crippen LogP contribution in [0, 0.1) is 5.82 Å². The standard InChI is InChI=1S/C20H21FN2O7S/c1-20(18(24)22-26,31(3,27)28)8-9-23-16-7-4-12(10-17(16)30-19(23)25)14-6-5-13(29-2)11-15(14)21/h4-7,10-11,26H,8-9H2,1-3H3,(H,22,24). The first-order valence-corrected chi connectivity index (χ1v) is 11.0. The maximum Gasteiger partial charge on any atom is 0.419 e. The number of rotatable bonds is 7. The zero-order valence-electron chi connectivity index (χ0n) is 17.0. The largest absolute Gasteiger partial charge is 0.497 e. The molecule has 0 radical (unpaired) electrons. The van der Waals surface area contributed by atoms with Gasteiger partial charge in [0.2, 0.25) is 0 Å². The van der Waals surface area contributed by atoms with Crippen molar-refractivity contribution in [2.24, 2.45) is 0 Å². The van der Waals surface area contributed by atoms with Crippen molar-refractivity contribution < 1.29 is 32.0 Å². The van der Waals surface area contributed by atoms with Crippen LogP contribution < -0.4 is 16.0 Å². The highest BCUT2D eigenvalue weighted by atomic mass is 32.2. The summed E-state index contributed by atoms with van der Waals surface area (Å²) in [7, 11) is -2.49. The number of sulfone groups is 1. The third-order valence-electron chi connectivity index (χ3n) is 5.37. The van der Waals surface area contributed by atoms with E-state index in [1.807, 2.05) is 0 Å². The van der Waals surface area contributed by atoms with Crippen LogP contribution in [0.2, 0.25) is 0 Å². The SMILES string of the molecule is COc1ccc(-c2ccc3c(c2)oc(=O)n3CCC(C)(C(=O)NO)S(C)(=O)=O)c(F)c1. The number of hydrogen-bond donors (Lipinski definition) is 2. The van der Waals surface area contributed by atoms with Crippen LogP contribution in [0.1, 0.15) is 13.3 Å². The van der Waals surface area contributed by atoms with Gasteiger partial charge in [0.1, 0.15) is 11.6 Å². The Labute approximate surface area is 176 Å². The fraction of sp³-hybridized carbons (Fsp3) is 0.300. The molecule has 0 fully saturated rings. The molecule has 3 rings (SSSR count). The lowest BCUT2D eigenvalue weighted by Crippen LogP contribution is -2.49. The number of halogens is 1. The van der Waals surface area contributed by atoms with Gasteiger partial charge in [0.15, 0.2) is 20.2 Å². The molecule has 0 aliphatic heterocycles. The van der Waals surface area contributed by atoms with Gasteiger partial charge in [-0.25, -0.2) is 23.1 Å². The van der Waals surface area contributed by atoms with Crippen molar-refractivity contribution in [3.05, 3.63) is 52.8 Å². The van der Waals surface area contributed by atoms with E-state index in [4.69, 9.17) is 14.4 Å². The second kappa shape index (κ2) is 8.16. The van der Waals surface area contributed by atoms with Gasteiger partial charge in [0.25, 0.3) is 5.91 Å². The van der Waals surface area contributed by atoms with Crippen molar-refractivity contribution >= 4 is 26.8 Å². The molecule has 0 saturated carbocycles. The molecule has 1 atom stereocenters. The molecule has 2 aromatic carbocycles. The highest BCUT2D eigenvalue weighted by Crippen LogP contribution is 2.29. The molecule has 1 amide bonds. The number of hydrogen-bond acceptors (Lipinski definition) is 7. The van der Waals surface area contributed by atoms with Crippen LogP contribution in [0.5, 0.6) is 5.75 Å². The number of nitrogens with zero attached hydrogens (tertiary/aromatic N) is 1. The molecule has 2 N–H and O–H groups in total. The number of oxazole rings is 1. The number of aromatic nitrogens is 1. The second-order valence-electron chi connectivity index (χ2n) is 7.24. The predicted octanol–water partition coefficient (Wildman–Crippen LogP) is 2.11. The number of benzene rings is 2. The highest BCUT2D eigenvalue weighted by molar-refractivity contribution is 7.92. The molecule has 31 heavy (non-hydrogen) atoms. The lowest BCUT2D eigenvalue weighted by Gasteiger charge is -2.24. The van der Waals surface area contributed by atoms with Crippen molar-refractivity contribution in [3.63, 3.8) is 0 Å². The molecule has 11 heteroatoms. The summed E-state index contributed by atoms with van der Waals surface area (Å²) in [5.74, 6) is -2.02. The first-order valence-electron chi connectivity index (χ1n) is 9.13. The Kier molecular flexibility index (Phi) is 5.92. The van der Waals surface area contributed by atoms with Crippen molar-refractivity contribution in [2.45, 2.75) is 24.6 Å². The van der Waals surface area contributed by atoms with Gasteiger partial charge in [-0.15, -0.1) is 0 Å². The van der Waals surface area contributed by atoms with Crippen LogP contribution >= 0.6 is 0 Å². The minimum atomic E-state index is -3.92. The Morgan fingerprint density at radius 1 is 1.29 bits per heavy atom.